The smallest absolute Gasteiger partial charge is 0.151 e. The predicted octanol–water partition coefficient (Wildman–Crippen LogP) is 3.09. The minimum atomic E-state index is 0.504. The number of nitrogens with zero attached hydrogens (tertiary/aromatic N) is 2. The van der Waals surface area contributed by atoms with E-state index in [9.17, 15) is 0 Å². The number of nitriles is 1. The number of aromatic nitrogens is 2. The first-order valence-corrected chi connectivity index (χ1v) is 6.14. The minimum Gasteiger partial charge on any atom is -0.361 e. The van der Waals surface area contributed by atoms with Crippen LogP contribution in [-0.2, 0) is 6.42 Å². The Labute approximate surface area is 102 Å². The summed E-state index contributed by atoms with van der Waals surface area (Å²) in [7, 11) is 0. The van der Waals surface area contributed by atoms with Crippen LogP contribution in [0, 0.1) is 11.3 Å². The molecule has 0 aliphatic rings. The molecule has 3 rings (SSSR count). The lowest BCUT2D eigenvalue weighted by Crippen LogP contribution is -1.85. The van der Waals surface area contributed by atoms with Crippen LogP contribution < -0.4 is 0 Å². The van der Waals surface area contributed by atoms with E-state index in [1.807, 2.05) is 18.3 Å². The number of nitrogens with one attached hydrogen (secondary N) is 1. The zero-order valence-corrected chi connectivity index (χ0v) is 9.79. The maximum Gasteiger partial charge on any atom is 0.151 e. The van der Waals surface area contributed by atoms with E-state index in [-0.39, 0.29) is 0 Å². The number of para-hydroxylation sites is 1. The number of fused-ring (bicyclic) bond motifs is 1. The van der Waals surface area contributed by atoms with Gasteiger partial charge in [-0.2, -0.15) is 5.26 Å². The summed E-state index contributed by atoms with van der Waals surface area (Å²) in [5.41, 5.74) is 2.86. The van der Waals surface area contributed by atoms with Crippen LogP contribution in [-0.4, -0.2) is 9.97 Å². The molecule has 0 saturated heterocycles. The van der Waals surface area contributed by atoms with Gasteiger partial charge in [0.1, 0.15) is 6.07 Å². The number of benzene rings is 1. The maximum atomic E-state index is 8.74. The van der Waals surface area contributed by atoms with E-state index in [0.717, 1.165) is 16.9 Å². The van der Waals surface area contributed by atoms with Crippen molar-refractivity contribution in [3.63, 3.8) is 0 Å². The predicted molar refractivity (Wildman–Crippen MR) is 67.9 cm³/mol. The molecule has 3 aromatic rings. The van der Waals surface area contributed by atoms with Crippen LogP contribution >= 0.6 is 11.3 Å². The zero-order chi connectivity index (χ0) is 11.7. The highest BCUT2D eigenvalue weighted by Gasteiger charge is 2.07. The van der Waals surface area contributed by atoms with Crippen molar-refractivity contribution in [2.24, 2.45) is 0 Å². The van der Waals surface area contributed by atoms with E-state index in [4.69, 9.17) is 5.26 Å². The highest BCUT2D eigenvalue weighted by Crippen LogP contribution is 2.22. The van der Waals surface area contributed by atoms with Crippen molar-refractivity contribution in [3.8, 4) is 6.07 Å². The van der Waals surface area contributed by atoms with Gasteiger partial charge in [0, 0.05) is 28.9 Å². The van der Waals surface area contributed by atoms with Gasteiger partial charge in [0.05, 0.1) is 5.01 Å². The molecular formula is C13H9N3S. The molecule has 4 heteroatoms. The summed E-state index contributed by atoms with van der Waals surface area (Å²) in [5, 5.41) is 12.7. The third-order valence-electron chi connectivity index (χ3n) is 2.68. The van der Waals surface area contributed by atoms with Gasteiger partial charge >= 0.3 is 0 Å². The Hall–Kier alpha value is -2.12. The highest BCUT2D eigenvalue weighted by molar-refractivity contribution is 7.09. The topological polar surface area (TPSA) is 52.5 Å². The van der Waals surface area contributed by atoms with Gasteiger partial charge in [0.25, 0.3) is 0 Å². The summed E-state index contributed by atoms with van der Waals surface area (Å²) in [6, 6.07) is 10.3. The van der Waals surface area contributed by atoms with Crippen LogP contribution in [0.1, 0.15) is 16.3 Å². The molecule has 0 unspecified atom stereocenters. The molecule has 0 saturated carbocycles. The molecule has 2 heterocycles. The van der Waals surface area contributed by atoms with Gasteiger partial charge in [-0.3, -0.25) is 0 Å². The third kappa shape index (κ3) is 1.81. The van der Waals surface area contributed by atoms with E-state index < -0.39 is 0 Å². The summed E-state index contributed by atoms with van der Waals surface area (Å²) in [4.78, 5) is 7.49. The van der Waals surface area contributed by atoms with Crippen LogP contribution in [0.5, 0.6) is 0 Å². The minimum absolute atomic E-state index is 0.504. The van der Waals surface area contributed by atoms with Gasteiger partial charge in [0.15, 0.2) is 5.69 Å². The highest BCUT2D eigenvalue weighted by atomic mass is 32.1. The van der Waals surface area contributed by atoms with Crippen molar-refractivity contribution in [2.75, 3.05) is 0 Å². The normalized spacial score (nSPS) is 10.5. The van der Waals surface area contributed by atoms with Crippen molar-refractivity contribution in [3.05, 3.63) is 52.1 Å². The van der Waals surface area contributed by atoms with Crippen LogP contribution in [0.4, 0.5) is 0 Å². The molecule has 0 radical (unpaired) electrons. The fourth-order valence-corrected chi connectivity index (χ4v) is 2.63. The van der Waals surface area contributed by atoms with E-state index in [1.165, 1.54) is 22.3 Å². The number of aromatic amines is 1. The van der Waals surface area contributed by atoms with Gasteiger partial charge in [-0.25, -0.2) is 4.98 Å². The summed E-state index contributed by atoms with van der Waals surface area (Å²) in [6.45, 7) is 0. The fraction of sp³-hybridized carbons (Fsp3) is 0.0769. The molecule has 1 N–H and O–H groups in total. The van der Waals surface area contributed by atoms with E-state index >= 15 is 0 Å². The lowest BCUT2D eigenvalue weighted by atomic mass is 10.1. The molecule has 0 fully saturated rings. The van der Waals surface area contributed by atoms with Crippen molar-refractivity contribution in [1.82, 2.24) is 9.97 Å². The molecular weight excluding hydrogens is 230 g/mol. The van der Waals surface area contributed by atoms with Gasteiger partial charge in [-0.15, -0.1) is 11.3 Å². The van der Waals surface area contributed by atoms with Crippen molar-refractivity contribution in [1.29, 1.82) is 5.26 Å². The van der Waals surface area contributed by atoms with E-state index in [1.54, 1.807) is 5.38 Å². The van der Waals surface area contributed by atoms with Crippen LogP contribution in [0.2, 0.25) is 0 Å². The Morgan fingerprint density at radius 1 is 1.35 bits per heavy atom. The average Bonchev–Trinajstić information content (AvgIpc) is 2.97. The fourth-order valence-electron chi connectivity index (χ4n) is 1.88. The molecule has 82 valence electrons. The molecule has 0 aliphatic carbocycles. The average molecular weight is 239 g/mol. The van der Waals surface area contributed by atoms with Crippen molar-refractivity contribution < 1.29 is 0 Å². The summed E-state index contributed by atoms with van der Waals surface area (Å²) in [6.07, 6.45) is 2.79. The summed E-state index contributed by atoms with van der Waals surface area (Å²) in [5.74, 6) is 0. The van der Waals surface area contributed by atoms with Gasteiger partial charge in [0.2, 0.25) is 0 Å². The SMILES string of the molecule is N#Cc1csc(Cc2c[nH]c3ccccc23)n1. The molecule has 0 atom stereocenters. The van der Waals surface area contributed by atoms with Crippen LogP contribution in [0.25, 0.3) is 10.9 Å². The van der Waals surface area contributed by atoms with Crippen LogP contribution in [0.3, 0.4) is 0 Å². The molecule has 3 nitrogen and oxygen atoms in total. The second-order valence-corrected chi connectivity index (χ2v) is 4.72. The lowest BCUT2D eigenvalue weighted by Gasteiger charge is -1.94. The Morgan fingerprint density at radius 2 is 2.24 bits per heavy atom. The molecule has 0 bridgehead atoms. The maximum absolute atomic E-state index is 8.74. The number of H-pyrrole nitrogens is 1. The standard InChI is InChI=1S/C13H9N3S/c14-6-10-8-17-13(16-10)5-9-7-15-12-4-2-1-3-11(9)12/h1-4,7-8,15H,5H2. The number of hydrogen-bond donors (Lipinski definition) is 1. The number of hydrogen-bond acceptors (Lipinski definition) is 3. The molecule has 0 amide bonds. The largest absolute Gasteiger partial charge is 0.361 e. The van der Waals surface area contributed by atoms with E-state index in [0.29, 0.717) is 5.69 Å². The number of rotatable bonds is 2. The second-order valence-electron chi connectivity index (χ2n) is 3.77. The van der Waals surface area contributed by atoms with Crippen molar-refractivity contribution in [2.45, 2.75) is 6.42 Å². The zero-order valence-electron chi connectivity index (χ0n) is 8.97. The Balaban J connectivity index is 1.97. The van der Waals surface area contributed by atoms with Crippen molar-refractivity contribution >= 4 is 22.2 Å². The third-order valence-corrected chi connectivity index (χ3v) is 3.53. The number of thiazole rings is 1. The lowest BCUT2D eigenvalue weighted by molar-refractivity contribution is 1.13. The monoisotopic (exact) mass is 239 g/mol. The molecule has 17 heavy (non-hydrogen) atoms. The Bertz CT molecular complexity index is 703. The Morgan fingerprint density at radius 3 is 3.06 bits per heavy atom. The first kappa shape index (κ1) is 10.1. The van der Waals surface area contributed by atoms with Gasteiger partial charge < -0.3 is 4.98 Å². The van der Waals surface area contributed by atoms with Gasteiger partial charge in [-0.05, 0) is 11.6 Å². The molecule has 0 aliphatic heterocycles. The van der Waals surface area contributed by atoms with Crippen LogP contribution in [0.15, 0.2) is 35.8 Å². The first-order valence-electron chi connectivity index (χ1n) is 5.26. The Kier molecular flexibility index (Phi) is 2.39. The van der Waals surface area contributed by atoms with Gasteiger partial charge in [-0.1, -0.05) is 18.2 Å². The molecule has 2 aromatic heterocycles. The summed E-state index contributed by atoms with van der Waals surface area (Å²) >= 11 is 1.53. The molecule has 1 aromatic carbocycles. The summed E-state index contributed by atoms with van der Waals surface area (Å²) < 4.78 is 0. The molecule has 0 spiro atoms. The quantitative estimate of drug-likeness (QED) is 0.747. The first-order chi connectivity index (χ1) is 8.36. The second kappa shape index (κ2) is 4.04. The van der Waals surface area contributed by atoms with E-state index in [2.05, 4.69) is 28.2 Å².